The van der Waals surface area contributed by atoms with Gasteiger partial charge in [0.2, 0.25) is 5.91 Å². The van der Waals surface area contributed by atoms with E-state index in [-0.39, 0.29) is 19.4 Å². The summed E-state index contributed by atoms with van der Waals surface area (Å²) in [5.41, 5.74) is 0. The van der Waals surface area contributed by atoms with Gasteiger partial charge in [0.05, 0.1) is 25.4 Å². The zero-order valence-electron chi connectivity index (χ0n) is 48.3. The van der Waals surface area contributed by atoms with Crippen LogP contribution in [0.2, 0.25) is 0 Å². The zero-order valence-corrected chi connectivity index (χ0v) is 48.3. The average molecular weight is 1080 g/mol. The summed E-state index contributed by atoms with van der Waals surface area (Å²) >= 11 is 0. The number of esters is 1. The molecule has 0 spiro atoms. The van der Waals surface area contributed by atoms with Crippen LogP contribution in [0.3, 0.4) is 0 Å². The van der Waals surface area contributed by atoms with Gasteiger partial charge in [-0.05, 0) is 96.3 Å². The summed E-state index contributed by atoms with van der Waals surface area (Å²) in [6, 6.07) is -1.05. The molecule has 0 aromatic carbocycles. The molecule has 438 valence electrons. The van der Waals surface area contributed by atoms with E-state index in [2.05, 4.69) is 111 Å². The quantitative estimate of drug-likeness (QED) is 0.0149. The predicted molar refractivity (Wildman–Crippen MR) is 319 cm³/mol. The largest absolute Gasteiger partial charge is 0.454 e. The van der Waals surface area contributed by atoms with Crippen molar-refractivity contribution in [1.82, 2.24) is 5.32 Å². The molecule has 1 saturated heterocycles. The Morgan fingerprint density at radius 2 is 1.00 bits per heavy atom. The number of hydrogen-bond donors (Lipinski definition) is 6. The Morgan fingerprint density at radius 1 is 0.532 bits per heavy atom. The van der Waals surface area contributed by atoms with Crippen LogP contribution in [0, 0.1) is 0 Å². The minimum Gasteiger partial charge on any atom is -0.454 e. The molecule has 0 bridgehead atoms. The van der Waals surface area contributed by atoms with E-state index in [1.165, 1.54) is 51.4 Å². The third-order valence-corrected chi connectivity index (χ3v) is 13.4. The van der Waals surface area contributed by atoms with Crippen LogP contribution in [0.15, 0.2) is 122 Å². The van der Waals surface area contributed by atoms with Crippen molar-refractivity contribution in [3.05, 3.63) is 122 Å². The lowest BCUT2D eigenvalue weighted by Gasteiger charge is -2.41. The summed E-state index contributed by atoms with van der Waals surface area (Å²) in [6.07, 6.45) is 62.4. The van der Waals surface area contributed by atoms with E-state index in [0.717, 1.165) is 122 Å². The van der Waals surface area contributed by atoms with E-state index in [1.807, 2.05) is 30.4 Å². The number of unbranched alkanes of at least 4 members (excludes halogenated alkanes) is 19. The molecule has 77 heavy (non-hydrogen) atoms. The summed E-state index contributed by atoms with van der Waals surface area (Å²) < 4.78 is 17.6. The van der Waals surface area contributed by atoms with Gasteiger partial charge in [-0.3, -0.25) is 9.59 Å². The lowest BCUT2D eigenvalue weighted by Crippen LogP contribution is -2.61. The van der Waals surface area contributed by atoms with Crippen LogP contribution in [0.25, 0.3) is 0 Å². The van der Waals surface area contributed by atoms with Gasteiger partial charge in [-0.25, -0.2) is 0 Å². The van der Waals surface area contributed by atoms with Crippen molar-refractivity contribution in [2.24, 2.45) is 0 Å². The number of ether oxygens (including phenoxy) is 3. The van der Waals surface area contributed by atoms with Gasteiger partial charge in [0.25, 0.3) is 0 Å². The normalized spacial score (nSPS) is 19.9. The molecule has 11 heteroatoms. The molecule has 11 nitrogen and oxygen atoms in total. The number of hydrogen-bond acceptors (Lipinski definition) is 10. The van der Waals surface area contributed by atoms with Crippen molar-refractivity contribution in [2.45, 2.75) is 269 Å². The Balaban J connectivity index is 2.70. The van der Waals surface area contributed by atoms with E-state index < -0.39 is 67.4 Å². The number of rotatable bonds is 49. The molecule has 0 aromatic heterocycles. The molecular formula is C66H109NO10. The van der Waals surface area contributed by atoms with Gasteiger partial charge in [-0.15, -0.1) is 0 Å². The first-order valence-corrected chi connectivity index (χ1v) is 30.3. The zero-order chi connectivity index (χ0) is 56.1. The Hall–Kier alpha value is -3.94. The van der Waals surface area contributed by atoms with Crippen LogP contribution in [0.1, 0.15) is 220 Å². The van der Waals surface area contributed by atoms with Gasteiger partial charge in [-0.2, -0.15) is 0 Å². The van der Waals surface area contributed by atoms with E-state index in [9.17, 15) is 35.1 Å². The summed E-state index contributed by atoms with van der Waals surface area (Å²) in [6.45, 7) is 5.49. The molecule has 6 N–H and O–H groups in total. The van der Waals surface area contributed by atoms with Gasteiger partial charge in [0.1, 0.15) is 24.4 Å². The maximum atomic E-state index is 13.4. The first kappa shape index (κ1) is 71.1. The second-order valence-corrected chi connectivity index (χ2v) is 20.4. The van der Waals surface area contributed by atoms with E-state index in [0.29, 0.717) is 12.8 Å². The van der Waals surface area contributed by atoms with Crippen molar-refractivity contribution >= 4 is 11.9 Å². The van der Waals surface area contributed by atoms with Crippen LogP contribution in [0.5, 0.6) is 0 Å². The van der Waals surface area contributed by atoms with Crippen LogP contribution in [0.4, 0.5) is 0 Å². The number of carbonyl (C=O) groups excluding carboxylic acids is 2. The molecule has 1 fully saturated rings. The number of aliphatic hydroxyl groups excluding tert-OH is 5. The Kier molecular flexibility index (Phi) is 48.7. The Bertz CT molecular complexity index is 1710. The molecule has 0 aliphatic carbocycles. The van der Waals surface area contributed by atoms with Crippen LogP contribution < -0.4 is 5.32 Å². The number of allylic oxidation sites excluding steroid dienone is 19. The van der Waals surface area contributed by atoms with Gasteiger partial charge < -0.3 is 45.1 Å². The fourth-order valence-corrected chi connectivity index (χ4v) is 8.65. The Morgan fingerprint density at radius 3 is 1.55 bits per heavy atom. The maximum Gasteiger partial charge on any atom is 0.306 e. The van der Waals surface area contributed by atoms with Gasteiger partial charge >= 0.3 is 5.97 Å². The molecule has 1 amide bonds. The first-order chi connectivity index (χ1) is 37.7. The fraction of sp³-hybridized carbons (Fsp3) is 0.667. The summed E-state index contributed by atoms with van der Waals surface area (Å²) in [4.78, 5) is 26.5. The highest BCUT2D eigenvalue weighted by Gasteiger charge is 2.47. The highest BCUT2D eigenvalue weighted by molar-refractivity contribution is 5.80. The minimum absolute atomic E-state index is 0.0838. The number of amides is 1. The monoisotopic (exact) mass is 1080 g/mol. The first-order valence-electron chi connectivity index (χ1n) is 30.3. The Labute approximate surface area is 468 Å². The standard InChI is InChI=1S/C66H109NO10/c1-4-7-10-13-16-19-22-25-26-27-28-29-30-31-32-33-34-36-39-42-45-48-51-54-61(71)77-64-63(73)62(72)60(55-68)76-66(64)75-56-57(58(69)52-49-46-43-40-38-35-23-20-17-14-11-8-5-2)67-65(74)59(70)53-50-47-44-41-37-24-21-18-15-12-9-6-3/h7,9-10,12,15-16,18-19,21,24-26,28-29,31-32,34,36,49,52,57-60,62-64,66,68-70,72-73H,4-6,8,11,13-14,17,20,22-23,27,30,33,35,37-48,50-51,53-56H2,1-3H3,(H,67,74)/b10-7-,12-9+,18-15+,19-16-,24-21-,26-25-,29-28-,32-31-,36-34-,52-49+. The van der Waals surface area contributed by atoms with Gasteiger partial charge in [0.15, 0.2) is 12.4 Å². The molecular weight excluding hydrogens is 967 g/mol. The lowest BCUT2D eigenvalue weighted by molar-refractivity contribution is -0.305. The summed E-state index contributed by atoms with van der Waals surface area (Å²) in [5.74, 6) is -1.25. The second-order valence-electron chi connectivity index (χ2n) is 20.4. The average Bonchev–Trinajstić information content (AvgIpc) is 3.43. The number of carbonyl (C=O) groups is 2. The minimum atomic E-state index is -1.64. The van der Waals surface area contributed by atoms with Crippen molar-refractivity contribution in [3.8, 4) is 0 Å². The van der Waals surface area contributed by atoms with Crippen molar-refractivity contribution < 1.29 is 49.3 Å². The molecule has 1 aliphatic rings. The van der Waals surface area contributed by atoms with Crippen LogP contribution in [-0.2, 0) is 23.8 Å². The predicted octanol–water partition coefficient (Wildman–Crippen LogP) is 14.3. The summed E-state index contributed by atoms with van der Waals surface area (Å²) in [7, 11) is 0. The number of aliphatic hydroxyl groups is 5. The van der Waals surface area contributed by atoms with Crippen molar-refractivity contribution in [1.29, 1.82) is 0 Å². The van der Waals surface area contributed by atoms with E-state index >= 15 is 0 Å². The smallest absolute Gasteiger partial charge is 0.306 e. The summed E-state index contributed by atoms with van der Waals surface area (Å²) in [5, 5.41) is 56.9. The molecule has 0 radical (unpaired) electrons. The van der Waals surface area contributed by atoms with Gasteiger partial charge in [-0.1, -0.05) is 239 Å². The highest BCUT2D eigenvalue weighted by Crippen LogP contribution is 2.26. The maximum absolute atomic E-state index is 13.4. The van der Waals surface area contributed by atoms with Crippen molar-refractivity contribution in [3.63, 3.8) is 0 Å². The SMILES string of the molecule is CC/C=C\C/C=C\C/C=C\C/C=C\C/C=C\C/C=C\CCCCCCC(=O)OC1C(OCC(NC(=O)C(O)CCCCCC\C=C/C=C/C=C/CC)C(O)/C=C/CCCCCCCCCCCCC)OC(CO)C(O)C1O. The van der Waals surface area contributed by atoms with Crippen LogP contribution in [-0.4, -0.2) is 99.6 Å². The molecule has 1 aliphatic heterocycles. The molecule has 1 heterocycles. The molecule has 8 atom stereocenters. The van der Waals surface area contributed by atoms with E-state index in [4.69, 9.17) is 14.2 Å². The molecule has 8 unspecified atom stereocenters. The molecule has 0 saturated carbocycles. The third-order valence-electron chi connectivity index (χ3n) is 13.4. The molecule has 1 rings (SSSR count). The third kappa shape index (κ3) is 40.8. The fourth-order valence-electron chi connectivity index (χ4n) is 8.65. The van der Waals surface area contributed by atoms with Crippen LogP contribution >= 0.6 is 0 Å². The number of nitrogens with one attached hydrogen (secondary N) is 1. The van der Waals surface area contributed by atoms with E-state index in [1.54, 1.807) is 6.08 Å². The van der Waals surface area contributed by atoms with Crippen molar-refractivity contribution in [2.75, 3.05) is 13.2 Å². The van der Waals surface area contributed by atoms with Gasteiger partial charge in [0, 0.05) is 6.42 Å². The second kappa shape index (κ2) is 52.7. The highest BCUT2D eigenvalue weighted by atomic mass is 16.7. The molecule has 0 aromatic rings. The lowest BCUT2D eigenvalue weighted by atomic mass is 9.99. The topological polar surface area (TPSA) is 175 Å².